The Labute approximate surface area is 236 Å². The summed E-state index contributed by atoms with van der Waals surface area (Å²) in [5, 5.41) is 11.8. The lowest BCUT2D eigenvalue weighted by Gasteiger charge is -2.31. The molecule has 2 aromatic rings. The van der Waals surface area contributed by atoms with Crippen molar-refractivity contribution >= 4 is 11.7 Å². The molecule has 0 aromatic heterocycles. The number of carbonyl (C=O) groups excluding carboxylic acids is 1. The first-order chi connectivity index (χ1) is 19.6. The molecule has 0 bridgehead atoms. The molecule has 2 heterocycles. The Kier molecular flexibility index (Phi) is 7.89. The smallest absolute Gasteiger partial charge is 0.315 e. The number of amides is 2. The van der Waals surface area contributed by atoms with Gasteiger partial charge in [0.1, 0.15) is 5.82 Å². The number of hydrazine groups is 1. The van der Waals surface area contributed by atoms with E-state index < -0.39 is 0 Å². The minimum absolute atomic E-state index is 0.0683. The highest BCUT2D eigenvalue weighted by molar-refractivity contribution is 5.74. The zero-order chi connectivity index (χ0) is 27.5. The van der Waals surface area contributed by atoms with Crippen LogP contribution in [0.1, 0.15) is 37.8 Å². The molecule has 0 spiro atoms. The maximum atomic E-state index is 13.5. The fraction of sp³-hybridized carbons (Fsp3) is 0.406. The largest absolute Gasteiger partial charge is 0.337 e. The van der Waals surface area contributed by atoms with Gasteiger partial charge in [-0.1, -0.05) is 42.8 Å². The maximum absolute atomic E-state index is 13.5. The van der Waals surface area contributed by atoms with Crippen molar-refractivity contribution in [2.75, 3.05) is 44.3 Å². The predicted molar refractivity (Wildman–Crippen MR) is 157 cm³/mol. The van der Waals surface area contributed by atoms with Gasteiger partial charge in [0.2, 0.25) is 0 Å². The van der Waals surface area contributed by atoms with E-state index in [4.69, 9.17) is 0 Å². The highest BCUT2D eigenvalue weighted by Crippen LogP contribution is 2.49. The molecule has 7 nitrogen and oxygen atoms in total. The number of hydrogen-bond acceptors (Lipinski definition) is 5. The van der Waals surface area contributed by atoms with E-state index >= 15 is 0 Å². The number of nitrogens with zero attached hydrogens (tertiary/aromatic N) is 2. The quantitative estimate of drug-likeness (QED) is 0.392. The molecule has 6 rings (SSSR count). The van der Waals surface area contributed by atoms with E-state index in [0.29, 0.717) is 12.5 Å². The Morgan fingerprint density at radius 1 is 1.10 bits per heavy atom. The summed E-state index contributed by atoms with van der Waals surface area (Å²) in [7, 11) is 0. The third-order valence-corrected chi connectivity index (χ3v) is 8.74. The molecular formula is C32H39FN6O. The Balaban J connectivity index is 1.16. The highest BCUT2D eigenvalue weighted by Gasteiger charge is 2.39. The van der Waals surface area contributed by atoms with Gasteiger partial charge in [0, 0.05) is 57.0 Å². The van der Waals surface area contributed by atoms with Crippen molar-refractivity contribution in [1.29, 1.82) is 0 Å². The van der Waals surface area contributed by atoms with Crippen LogP contribution < -0.4 is 26.4 Å². The molecule has 2 aromatic carbocycles. The van der Waals surface area contributed by atoms with Gasteiger partial charge in [0.05, 0.1) is 17.4 Å². The van der Waals surface area contributed by atoms with Crippen molar-refractivity contribution in [3.05, 3.63) is 101 Å². The van der Waals surface area contributed by atoms with E-state index in [1.807, 2.05) is 23.2 Å². The molecular weight excluding hydrogens is 503 g/mol. The molecule has 3 atom stereocenters. The average Bonchev–Trinajstić information content (AvgIpc) is 3.59. The second kappa shape index (κ2) is 11.9. The SMILES string of the molecule is C[C@H]1C2=CNN(c3ccc(F)cc3)C2=CC2=C1[C@@H](CC(NC(=O)NCCN1CCNCC1)c1ccccc1)CC2. The molecule has 8 heteroatoms. The van der Waals surface area contributed by atoms with Crippen LogP contribution in [-0.4, -0.2) is 50.2 Å². The van der Waals surface area contributed by atoms with Crippen molar-refractivity contribution < 1.29 is 9.18 Å². The van der Waals surface area contributed by atoms with Gasteiger partial charge < -0.3 is 21.4 Å². The lowest BCUT2D eigenvalue weighted by molar-refractivity contribution is 0.223. The number of benzene rings is 2. The molecule has 4 N–H and O–H groups in total. The highest BCUT2D eigenvalue weighted by atomic mass is 19.1. The van der Waals surface area contributed by atoms with Crippen LogP contribution in [0.15, 0.2) is 89.3 Å². The lowest BCUT2D eigenvalue weighted by atomic mass is 9.78. The molecule has 2 aliphatic carbocycles. The Morgan fingerprint density at radius 2 is 1.88 bits per heavy atom. The van der Waals surface area contributed by atoms with Crippen LogP contribution in [0.3, 0.4) is 0 Å². The van der Waals surface area contributed by atoms with Crippen LogP contribution in [0.4, 0.5) is 14.9 Å². The summed E-state index contributed by atoms with van der Waals surface area (Å²) in [6.07, 6.45) is 7.35. The Bertz CT molecular complexity index is 1300. The summed E-state index contributed by atoms with van der Waals surface area (Å²) in [5.74, 6) is 0.417. The molecule has 40 heavy (non-hydrogen) atoms. The van der Waals surface area contributed by atoms with Gasteiger partial charge in [-0.15, -0.1) is 0 Å². The zero-order valence-corrected chi connectivity index (χ0v) is 23.1. The number of urea groups is 1. The maximum Gasteiger partial charge on any atom is 0.315 e. The predicted octanol–water partition coefficient (Wildman–Crippen LogP) is 4.61. The summed E-state index contributed by atoms with van der Waals surface area (Å²) >= 11 is 0. The summed E-state index contributed by atoms with van der Waals surface area (Å²) in [4.78, 5) is 15.4. The third kappa shape index (κ3) is 5.64. The van der Waals surface area contributed by atoms with Gasteiger partial charge in [0.15, 0.2) is 0 Å². The monoisotopic (exact) mass is 542 g/mol. The fourth-order valence-corrected chi connectivity index (χ4v) is 6.68. The molecule has 1 fully saturated rings. The van der Waals surface area contributed by atoms with E-state index in [0.717, 1.165) is 68.9 Å². The molecule has 1 unspecified atom stereocenters. The normalized spacial score (nSPS) is 23.1. The van der Waals surface area contributed by atoms with Gasteiger partial charge in [-0.05, 0) is 66.7 Å². The second-order valence-corrected chi connectivity index (χ2v) is 11.2. The number of halogens is 1. The first-order valence-corrected chi connectivity index (χ1v) is 14.6. The van der Waals surface area contributed by atoms with E-state index in [-0.39, 0.29) is 23.8 Å². The number of hydrogen-bond donors (Lipinski definition) is 4. The van der Waals surface area contributed by atoms with Crippen LogP contribution in [0.5, 0.6) is 0 Å². The van der Waals surface area contributed by atoms with Crippen molar-refractivity contribution in [1.82, 2.24) is 26.3 Å². The fourth-order valence-electron chi connectivity index (χ4n) is 6.68. The van der Waals surface area contributed by atoms with Gasteiger partial charge in [-0.25, -0.2) is 9.18 Å². The number of rotatable bonds is 8. The standard InChI is InChI=1S/C32H39FN6O/c1-22-28-21-36-39(27-11-9-26(33)10-12-27)30(28)20-25-8-7-24(31(22)25)19-29(23-5-3-2-4-6-23)37-32(40)35-15-18-38-16-13-34-14-17-38/h2-6,9-12,20-22,24,29,34,36H,7-8,13-19H2,1H3,(H2,35,37,40)/t22-,24+,29?/m0/s1. The molecule has 0 saturated carbocycles. The van der Waals surface area contributed by atoms with Crippen LogP contribution in [0, 0.1) is 17.7 Å². The first kappa shape index (κ1) is 26.6. The number of allylic oxidation sites excluding steroid dienone is 4. The summed E-state index contributed by atoms with van der Waals surface area (Å²) < 4.78 is 13.5. The van der Waals surface area contributed by atoms with Crippen LogP contribution in [-0.2, 0) is 0 Å². The number of anilines is 1. The number of fused-ring (bicyclic) bond motifs is 1. The number of carbonyl (C=O) groups is 1. The summed E-state index contributed by atoms with van der Waals surface area (Å²) in [5.41, 5.74) is 10.7. The topological polar surface area (TPSA) is 71.7 Å². The second-order valence-electron chi connectivity index (χ2n) is 11.2. The summed E-state index contributed by atoms with van der Waals surface area (Å²) in [6.45, 7) is 7.86. The number of nitrogens with one attached hydrogen (secondary N) is 4. The Morgan fingerprint density at radius 3 is 2.65 bits per heavy atom. The van der Waals surface area contributed by atoms with Gasteiger partial charge in [-0.3, -0.25) is 9.91 Å². The van der Waals surface area contributed by atoms with Gasteiger partial charge >= 0.3 is 6.03 Å². The van der Waals surface area contributed by atoms with Crippen LogP contribution in [0.25, 0.3) is 0 Å². The molecule has 1 saturated heterocycles. The third-order valence-electron chi connectivity index (χ3n) is 8.74. The van der Waals surface area contributed by atoms with Crippen molar-refractivity contribution in [3.63, 3.8) is 0 Å². The first-order valence-electron chi connectivity index (χ1n) is 14.6. The average molecular weight is 543 g/mol. The Hall–Kier alpha value is -3.62. The van der Waals surface area contributed by atoms with E-state index in [1.54, 1.807) is 12.1 Å². The molecule has 4 aliphatic rings. The van der Waals surface area contributed by atoms with Gasteiger partial charge in [-0.2, -0.15) is 0 Å². The van der Waals surface area contributed by atoms with Crippen molar-refractivity contribution in [2.45, 2.75) is 32.2 Å². The molecule has 2 amide bonds. The molecule has 0 radical (unpaired) electrons. The summed E-state index contributed by atoms with van der Waals surface area (Å²) in [6, 6.07) is 16.8. The molecule has 2 aliphatic heterocycles. The number of piperazine rings is 1. The lowest BCUT2D eigenvalue weighted by Crippen LogP contribution is -2.47. The minimum Gasteiger partial charge on any atom is -0.337 e. The minimum atomic E-state index is -0.236. The van der Waals surface area contributed by atoms with E-state index in [9.17, 15) is 9.18 Å². The van der Waals surface area contributed by atoms with Crippen LogP contribution >= 0.6 is 0 Å². The molecule has 210 valence electrons. The van der Waals surface area contributed by atoms with E-state index in [2.05, 4.69) is 57.6 Å². The zero-order valence-electron chi connectivity index (χ0n) is 23.1. The van der Waals surface area contributed by atoms with Crippen molar-refractivity contribution in [3.8, 4) is 0 Å². The van der Waals surface area contributed by atoms with Crippen LogP contribution in [0.2, 0.25) is 0 Å². The van der Waals surface area contributed by atoms with Gasteiger partial charge in [0.25, 0.3) is 0 Å². The van der Waals surface area contributed by atoms with Crippen molar-refractivity contribution in [2.24, 2.45) is 11.8 Å². The van der Waals surface area contributed by atoms with E-state index in [1.165, 1.54) is 28.9 Å².